The van der Waals surface area contributed by atoms with Crippen molar-refractivity contribution in [1.82, 2.24) is 25.6 Å². The summed E-state index contributed by atoms with van der Waals surface area (Å²) in [5.74, 6) is -0.551. The lowest BCUT2D eigenvalue weighted by molar-refractivity contribution is -0.150. The predicted molar refractivity (Wildman–Crippen MR) is 131 cm³/mol. The Bertz CT molecular complexity index is 1250. The highest BCUT2D eigenvalue weighted by molar-refractivity contribution is 6.29. The number of carbonyl (C=O) groups excluding carboxylic acids is 3. The largest absolute Gasteiger partial charge is 0.444 e. The fourth-order valence-corrected chi connectivity index (χ4v) is 5.41. The van der Waals surface area contributed by atoms with Gasteiger partial charge in [0.15, 0.2) is 12.2 Å². The van der Waals surface area contributed by atoms with Gasteiger partial charge in [-0.3, -0.25) is 19.3 Å². The lowest BCUT2D eigenvalue weighted by atomic mass is 9.44. The molecule has 1 unspecified atom stereocenters. The summed E-state index contributed by atoms with van der Waals surface area (Å²) in [6.45, 7) is 1.81. The molecule has 186 valence electrons. The van der Waals surface area contributed by atoms with Crippen LogP contribution in [0.15, 0.2) is 60.0 Å². The minimum Gasteiger partial charge on any atom is -0.444 e. The summed E-state index contributed by atoms with van der Waals surface area (Å²) < 4.78 is 5.34. The van der Waals surface area contributed by atoms with Gasteiger partial charge in [0, 0.05) is 46.7 Å². The number of oxazole rings is 1. The Labute approximate surface area is 212 Å². The van der Waals surface area contributed by atoms with Crippen LogP contribution < -0.4 is 15.5 Å². The van der Waals surface area contributed by atoms with E-state index in [-0.39, 0.29) is 23.2 Å². The third-order valence-electron chi connectivity index (χ3n) is 6.79. The number of nitrogens with zero attached hydrogens (tertiary/aromatic N) is 4. The molecule has 11 heteroatoms. The Kier molecular flexibility index (Phi) is 6.21. The number of carbonyl (C=O) groups is 3. The molecular weight excluding hydrogens is 484 g/mol. The van der Waals surface area contributed by atoms with Crippen molar-refractivity contribution in [3.63, 3.8) is 0 Å². The second-order valence-corrected chi connectivity index (χ2v) is 9.63. The van der Waals surface area contributed by atoms with Crippen LogP contribution in [0.2, 0.25) is 0 Å². The van der Waals surface area contributed by atoms with E-state index in [9.17, 15) is 14.4 Å². The molecule has 6 rings (SSSR count). The summed E-state index contributed by atoms with van der Waals surface area (Å²) in [6.07, 6.45) is 9.71. The number of rotatable bonds is 9. The first-order chi connectivity index (χ1) is 17.4. The van der Waals surface area contributed by atoms with Gasteiger partial charge in [0.25, 0.3) is 0 Å². The zero-order chi connectivity index (χ0) is 25.3. The maximum absolute atomic E-state index is 13.7. The molecule has 3 amide bonds. The first-order valence-electron chi connectivity index (χ1n) is 11.6. The molecule has 3 saturated carbocycles. The van der Waals surface area contributed by atoms with Crippen LogP contribution in [0, 0.1) is 0 Å². The van der Waals surface area contributed by atoms with Crippen LogP contribution in [0.5, 0.6) is 0 Å². The van der Waals surface area contributed by atoms with Crippen molar-refractivity contribution in [2.45, 2.75) is 49.7 Å². The molecule has 3 aliphatic rings. The average molecular weight is 509 g/mol. The zero-order valence-electron chi connectivity index (χ0n) is 19.6. The Morgan fingerprint density at radius 1 is 1.03 bits per heavy atom. The first kappa shape index (κ1) is 23.9. The van der Waals surface area contributed by atoms with Crippen molar-refractivity contribution in [1.29, 1.82) is 0 Å². The van der Waals surface area contributed by atoms with Crippen molar-refractivity contribution >= 4 is 35.0 Å². The number of benzene rings is 1. The average Bonchev–Trinajstić information content (AvgIpc) is 3.40. The van der Waals surface area contributed by atoms with E-state index in [1.54, 1.807) is 30.5 Å². The second kappa shape index (κ2) is 9.34. The van der Waals surface area contributed by atoms with Gasteiger partial charge in [0.1, 0.15) is 18.2 Å². The van der Waals surface area contributed by atoms with Crippen molar-refractivity contribution in [3.05, 3.63) is 61.1 Å². The monoisotopic (exact) mass is 508 g/mol. The van der Waals surface area contributed by atoms with E-state index in [1.165, 1.54) is 30.0 Å². The van der Waals surface area contributed by atoms with E-state index in [1.807, 2.05) is 6.92 Å². The molecule has 2 N–H and O–H groups in total. The van der Waals surface area contributed by atoms with Crippen LogP contribution in [0.1, 0.15) is 44.2 Å². The summed E-state index contributed by atoms with van der Waals surface area (Å²) in [5, 5.41) is 6.19. The Morgan fingerprint density at radius 3 is 2.28 bits per heavy atom. The summed E-state index contributed by atoms with van der Waals surface area (Å²) in [6, 6.07) is 5.97. The van der Waals surface area contributed by atoms with Gasteiger partial charge >= 0.3 is 0 Å². The lowest BCUT2D eigenvalue weighted by Crippen LogP contribution is -2.84. The fraction of sp³-hybridized carbons (Fsp3) is 0.360. The van der Waals surface area contributed by atoms with E-state index in [2.05, 4.69) is 25.6 Å². The molecule has 0 aliphatic heterocycles. The number of nitrogens with one attached hydrogen (secondary N) is 2. The van der Waals surface area contributed by atoms with Crippen LogP contribution in [-0.4, -0.2) is 49.6 Å². The van der Waals surface area contributed by atoms with Crippen LogP contribution in [0.25, 0.3) is 11.3 Å². The molecule has 2 aromatic heterocycles. The standard InChI is InChI=1S/C25H25ClN6O4/c1-2-20(33)30-24-11-25(12-24,13-24)31-23(35)22(17-8-27-14-28-9-17)32(21(34)7-26)18-5-3-16(4-6-18)19-10-29-15-36-19/h3-6,8-10,14-15,22H,2,7,11-13H2,1H3,(H,30,33)(H,31,35). The van der Waals surface area contributed by atoms with Crippen molar-refractivity contribution in [2.75, 3.05) is 10.8 Å². The molecule has 0 radical (unpaired) electrons. The summed E-state index contributed by atoms with van der Waals surface area (Å²) in [5.41, 5.74) is 1.06. The van der Waals surface area contributed by atoms with Gasteiger partial charge in [0.2, 0.25) is 17.7 Å². The van der Waals surface area contributed by atoms with E-state index in [0.717, 1.165) is 5.56 Å². The maximum atomic E-state index is 13.7. The Hall–Kier alpha value is -3.79. The SMILES string of the molecule is CCC(=O)NC12CC(NC(=O)C(c3cncnc3)N(C(=O)CCl)c3ccc(-c4cnco4)cc3)(C1)C2. The van der Waals surface area contributed by atoms with Crippen LogP contribution in [-0.2, 0) is 14.4 Å². The number of alkyl halides is 1. The third kappa shape index (κ3) is 4.32. The van der Waals surface area contributed by atoms with Crippen molar-refractivity contribution in [2.24, 2.45) is 0 Å². The van der Waals surface area contributed by atoms with Gasteiger partial charge in [-0.1, -0.05) is 6.92 Å². The van der Waals surface area contributed by atoms with Gasteiger partial charge < -0.3 is 15.1 Å². The molecule has 10 nitrogen and oxygen atoms in total. The summed E-state index contributed by atoms with van der Waals surface area (Å²) >= 11 is 5.99. The van der Waals surface area contributed by atoms with Crippen LogP contribution >= 0.6 is 11.6 Å². The highest BCUT2D eigenvalue weighted by Gasteiger charge is 2.69. The highest BCUT2D eigenvalue weighted by atomic mass is 35.5. The molecule has 1 aromatic carbocycles. The van der Waals surface area contributed by atoms with Gasteiger partial charge in [-0.05, 0) is 43.5 Å². The molecule has 2 heterocycles. The van der Waals surface area contributed by atoms with Crippen molar-refractivity contribution in [3.8, 4) is 11.3 Å². The summed E-state index contributed by atoms with van der Waals surface area (Å²) in [4.78, 5) is 52.1. The normalized spacial score (nSPS) is 22.5. The number of hydrogen-bond donors (Lipinski definition) is 2. The fourth-order valence-electron chi connectivity index (χ4n) is 5.28. The molecule has 2 bridgehead atoms. The number of halogens is 1. The quantitative estimate of drug-likeness (QED) is 0.425. The predicted octanol–water partition coefficient (Wildman–Crippen LogP) is 2.76. The van der Waals surface area contributed by atoms with Gasteiger partial charge in [-0.25, -0.2) is 15.0 Å². The van der Waals surface area contributed by atoms with E-state index < -0.39 is 17.5 Å². The Morgan fingerprint density at radius 2 is 1.69 bits per heavy atom. The number of hydrogen-bond acceptors (Lipinski definition) is 7. The maximum Gasteiger partial charge on any atom is 0.248 e. The summed E-state index contributed by atoms with van der Waals surface area (Å²) in [7, 11) is 0. The zero-order valence-corrected chi connectivity index (χ0v) is 20.4. The van der Waals surface area contributed by atoms with Crippen molar-refractivity contribution < 1.29 is 18.8 Å². The molecule has 1 atom stereocenters. The minimum absolute atomic E-state index is 0.00148. The molecule has 0 spiro atoms. The van der Waals surface area contributed by atoms with E-state index in [4.69, 9.17) is 16.0 Å². The van der Waals surface area contributed by atoms with Gasteiger partial charge in [-0.15, -0.1) is 11.6 Å². The number of aromatic nitrogens is 3. The molecule has 0 saturated heterocycles. The van der Waals surface area contributed by atoms with E-state index >= 15 is 0 Å². The molecule has 3 aliphatic carbocycles. The molecule has 36 heavy (non-hydrogen) atoms. The van der Waals surface area contributed by atoms with Gasteiger partial charge in [-0.2, -0.15) is 0 Å². The highest BCUT2D eigenvalue weighted by Crippen LogP contribution is 2.60. The van der Waals surface area contributed by atoms with Gasteiger partial charge in [0.05, 0.1) is 6.20 Å². The third-order valence-corrected chi connectivity index (χ3v) is 7.02. The molecule has 3 aromatic rings. The molecular formula is C25H25ClN6O4. The molecule has 3 fully saturated rings. The topological polar surface area (TPSA) is 130 Å². The smallest absolute Gasteiger partial charge is 0.248 e. The number of amides is 3. The van der Waals surface area contributed by atoms with Crippen LogP contribution in [0.3, 0.4) is 0 Å². The minimum atomic E-state index is -1.04. The Balaban J connectivity index is 1.42. The van der Waals surface area contributed by atoms with E-state index in [0.29, 0.717) is 42.7 Å². The first-order valence-corrected chi connectivity index (χ1v) is 12.2. The number of anilines is 1. The lowest BCUT2D eigenvalue weighted by Gasteiger charge is -2.70. The second-order valence-electron chi connectivity index (χ2n) is 9.37. The van der Waals surface area contributed by atoms with Crippen LogP contribution in [0.4, 0.5) is 5.69 Å².